The zero-order chi connectivity index (χ0) is 15.1. The van der Waals surface area contributed by atoms with Gasteiger partial charge in [-0.1, -0.05) is 42.5 Å². The van der Waals surface area contributed by atoms with Crippen LogP contribution in [0.3, 0.4) is 0 Å². The lowest BCUT2D eigenvalue weighted by Crippen LogP contribution is -2.10. The zero-order valence-electron chi connectivity index (χ0n) is 11.9. The minimum absolute atomic E-state index is 0.407. The minimum Gasteiger partial charge on any atom is -0.366 e. The Morgan fingerprint density at radius 1 is 0.864 bits per heavy atom. The zero-order valence-corrected chi connectivity index (χ0v) is 11.9. The Morgan fingerprint density at radius 2 is 1.64 bits per heavy atom. The number of primary amides is 1. The topological polar surface area (TPSA) is 47.5 Å². The first kappa shape index (κ1) is 12.7. The van der Waals surface area contributed by atoms with Crippen LogP contribution in [-0.4, -0.2) is 10.3 Å². The predicted octanol–water partition coefficient (Wildman–Crippen LogP) is 3.86. The van der Waals surface area contributed by atoms with Crippen molar-refractivity contribution in [2.75, 3.05) is 0 Å². The van der Waals surface area contributed by atoms with E-state index in [-0.39, 0.29) is 0 Å². The molecule has 22 heavy (non-hydrogen) atoms. The van der Waals surface area contributed by atoms with Crippen LogP contribution in [0.5, 0.6) is 0 Å². The Balaban J connectivity index is 2.01. The Morgan fingerprint density at radius 3 is 2.45 bits per heavy atom. The molecule has 4 rings (SSSR count). The van der Waals surface area contributed by atoms with E-state index in [0.29, 0.717) is 5.56 Å². The molecule has 4 aromatic rings. The highest BCUT2D eigenvalue weighted by Gasteiger charge is 2.13. The summed E-state index contributed by atoms with van der Waals surface area (Å²) in [5.41, 5.74) is 8.92. The summed E-state index contributed by atoms with van der Waals surface area (Å²) in [5, 5.41) is 2.37. The maximum atomic E-state index is 11.7. The molecule has 0 saturated carbocycles. The van der Waals surface area contributed by atoms with Gasteiger partial charge in [-0.05, 0) is 40.6 Å². The van der Waals surface area contributed by atoms with Gasteiger partial charge in [0.2, 0.25) is 0 Å². The summed E-state index contributed by atoms with van der Waals surface area (Å²) in [4.78, 5) is 11.7. The molecule has 0 radical (unpaired) electrons. The van der Waals surface area contributed by atoms with Crippen LogP contribution in [0.15, 0.2) is 72.9 Å². The fourth-order valence-electron chi connectivity index (χ4n) is 2.92. The first-order valence-electron chi connectivity index (χ1n) is 7.13. The fraction of sp³-hybridized carbons (Fsp3) is 0. The van der Waals surface area contributed by atoms with E-state index < -0.39 is 5.91 Å². The van der Waals surface area contributed by atoms with Gasteiger partial charge in [-0.25, -0.2) is 0 Å². The summed E-state index contributed by atoms with van der Waals surface area (Å²) in [6, 6.07) is 22.2. The van der Waals surface area contributed by atoms with E-state index >= 15 is 0 Å². The van der Waals surface area contributed by atoms with Crippen molar-refractivity contribution in [2.45, 2.75) is 0 Å². The standard InChI is InChI=1S/C19H14N2O/c20-19(22)16-12-18(21-10-4-3-7-17(16)21)15-9-8-13-5-1-2-6-14(13)11-15/h1-12H,(H2,20,22). The van der Waals surface area contributed by atoms with Crippen LogP contribution in [0.1, 0.15) is 10.4 Å². The molecule has 0 aliphatic heterocycles. The molecule has 106 valence electrons. The maximum absolute atomic E-state index is 11.7. The molecule has 3 heteroatoms. The number of hydrogen-bond donors (Lipinski definition) is 1. The van der Waals surface area contributed by atoms with E-state index in [1.807, 2.05) is 47.0 Å². The molecular weight excluding hydrogens is 272 g/mol. The van der Waals surface area contributed by atoms with Crippen LogP contribution in [0, 0.1) is 0 Å². The predicted molar refractivity (Wildman–Crippen MR) is 88.9 cm³/mol. The van der Waals surface area contributed by atoms with Gasteiger partial charge in [0.15, 0.2) is 0 Å². The molecule has 0 saturated heterocycles. The van der Waals surface area contributed by atoms with Crippen molar-refractivity contribution in [3.63, 3.8) is 0 Å². The van der Waals surface area contributed by atoms with Gasteiger partial charge in [0, 0.05) is 6.20 Å². The number of benzene rings is 2. The second-order valence-corrected chi connectivity index (χ2v) is 5.33. The molecule has 2 heterocycles. The van der Waals surface area contributed by atoms with Gasteiger partial charge in [0.25, 0.3) is 5.91 Å². The maximum Gasteiger partial charge on any atom is 0.250 e. The monoisotopic (exact) mass is 286 g/mol. The van der Waals surface area contributed by atoms with Crippen molar-refractivity contribution < 1.29 is 4.79 Å². The number of nitrogens with two attached hydrogens (primary N) is 1. The van der Waals surface area contributed by atoms with E-state index in [1.54, 1.807) is 0 Å². The number of hydrogen-bond acceptors (Lipinski definition) is 1. The van der Waals surface area contributed by atoms with Crippen molar-refractivity contribution in [3.05, 3.63) is 78.5 Å². The number of amides is 1. The second kappa shape index (κ2) is 4.74. The highest BCUT2D eigenvalue weighted by molar-refractivity contribution is 6.02. The lowest BCUT2D eigenvalue weighted by Gasteiger charge is -2.05. The molecule has 2 aromatic carbocycles. The Bertz CT molecular complexity index is 1010. The molecule has 1 amide bonds. The Hall–Kier alpha value is -3.07. The highest BCUT2D eigenvalue weighted by atomic mass is 16.1. The number of aromatic nitrogens is 1. The number of carbonyl (C=O) groups is 1. The van der Waals surface area contributed by atoms with Crippen molar-refractivity contribution in [2.24, 2.45) is 5.73 Å². The van der Waals surface area contributed by atoms with E-state index in [4.69, 9.17) is 5.73 Å². The number of carbonyl (C=O) groups excluding carboxylic acids is 1. The molecule has 0 atom stereocenters. The summed E-state index contributed by atoms with van der Waals surface area (Å²) < 4.78 is 2.00. The molecule has 2 N–H and O–H groups in total. The van der Waals surface area contributed by atoms with Crippen LogP contribution < -0.4 is 5.73 Å². The largest absolute Gasteiger partial charge is 0.366 e. The lowest BCUT2D eigenvalue weighted by molar-refractivity contribution is 0.100. The number of rotatable bonds is 2. The summed E-state index contributed by atoms with van der Waals surface area (Å²) in [7, 11) is 0. The van der Waals surface area contributed by atoms with Crippen molar-refractivity contribution in [1.29, 1.82) is 0 Å². The van der Waals surface area contributed by atoms with Gasteiger partial charge in [0.1, 0.15) is 0 Å². The van der Waals surface area contributed by atoms with Crippen molar-refractivity contribution >= 4 is 22.2 Å². The van der Waals surface area contributed by atoms with Gasteiger partial charge in [0.05, 0.1) is 16.8 Å². The van der Waals surface area contributed by atoms with Gasteiger partial charge in [-0.15, -0.1) is 0 Å². The normalized spacial score (nSPS) is 11.1. The third kappa shape index (κ3) is 1.87. The third-order valence-corrected chi connectivity index (χ3v) is 3.99. The van der Waals surface area contributed by atoms with E-state index in [9.17, 15) is 4.79 Å². The van der Waals surface area contributed by atoms with Crippen LogP contribution in [0.2, 0.25) is 0 Å². The fourth-order valence-corrected chi connectivity index (χ4v) is 2.92. The molecular formula is C19H14N2O. The van der Waals surface area contributed by atoms with Gasteiger partial charge in [-0.3, -0.25) is 4.79 Å². The third-order valence-electron chi connectivity index (χ3n) is 3.99. The summed E-state index contributed by atoms with van der Waals surface area (Å²) in [5.74, 6) is -0.407. The van der Waals surface area contributed by atoms with E-state index in [2.05, 4.69) is 30.3 Å². The summed E-state index contributed by atoms with van der Waals surface area (Å²) in [6.07, 6.45) is 1.95. The van der Waals surface area contributed by atoms with Gasteiger partial charge in [-0.2, -0.15) is 0 Å². The number of fused-ring (bicyclic) bond motifs is 2. The van der Waals surface area contributed by atoms with E-state index in [0.717, 1.165) is 16.8 Å². The molecule has 0 spiro atoms. The quantitative estimate of drug-likeness (QED) is 0.597. The smallest absolute Gasteiger partial charge is 0.250 e. The van der Waals surface area contributed by atoms with Crippen LogP contribution in [-0.2, 0) is 0 Å². The van der Waals surface area contributed by atoms with Gasteiger partial charge < -0.3 is 10.1 Å². The number of pyridine rings is 1. The first-order valence-corrected chi connectivity index (χ1v) is 7.13. The Labute approximate surface area is 127 Å². The van der Waals surface area contributed by atoms with Crippen LogP contribution in [0.25, 0.3) is 27.5 Å². The molecule has 0 aliphatic carbocycles. The SMILES string of the molecule is NC(=O)c1cc(-c2ccc3ccccc3c2)n2ccccc12. The Kier molecular flexibility index (Phi) is 2.73. The lowest BCUT2D eigenvalue weighted by atomic mass is 10.0. The first-order chi connectivity index (χ1) is 10.7. The molecule has 0 bridgehead atoms. The molecule has 0 fully saturated rings. The van der Waals surface area contributed by atoms with E-state index in [1.165, 1.54) is 10.8 Å². The van der Waals surface area contributed by atoms with Crippen LogP contribution >= 0.6 is 0 Å². The molecule has 3 nitrogen and oxygen atoms in total. The average molecular weight is 286 g/mol. The van der Waals surface area contributed by atoms with Crippen LogP contribution in [0.4, 0.5) is 0 Å². The molecule has 2 aromatic heterocycles. The number of nitrogens with zero attached hydrogens (tertiary/aromatic N) is 1. The van der Waals surface area contributed by atoms with Crippen molar-refractivity contribution in [1.82, 2.24) is 4.40 Å². The summed E-state index contributed by atoms with van der Waals surface area (Å²) >= 11 is 0. The highest BCUT2D eigenvalue weighted by Crippen LogP contribution is 2.28. The van der Waals surface area contributed by atoms with Crippen molar-refractivity contribution in [3.8, 4) is 11.3 Å². The summed E-state index contributed by atoms with van der Waals surface area (Å²) in [6.45, 7) is 0. The van der Waals surface area contributed by atoms with Gasteiger partial charge >= 0.3 is 0 Å². The average Bonchev–Trinajstić information content (AvgIpc) is 2.94. The molecule has 0 aliphatic rings. The second-order valence-electron chi connectivity index (χ2n) is 5.33. The minimum atomic E-state index is -0.407. The molecule has 0 unspecified atom stereocenters.